The first-order chi connectivity index (χ1) is 6.03. The van der Waals surface area contributed by atoms with Gasteiger partial charge in [0.05, 0.1) is 0 Å². The molecular weight excluding hydrogens is 168 g/mol. The van der Waals surface area contributed by atoms with E-state index in [2.05, 4.69) is 0 Å². The Morgan fingerprint density at radius 1 is 1.46 bits per heavy atom. The Bertz CT molecular complexity index is 281. The third-order valence-electron chi connectivity index (χ3n) is 1.62. The molecule has 2 N–H and O–H groups in total. The van der Waals surface area contributed by atoms with Gasteiger partial charge < -0.3 is 14.9 Å². The molecule has 0 saturated heterocycles. The third kappa shape index (κ3) is 3.05. The standard InChI is InChI=1S/C10H14O3/c1-8-4-3-5-9(6-8)13-10(2,12)7-11/h3-6,11-12H,7H2,1-2H3. The minimum Gasteiger partial charge on any atom is -0.460 e. The van der Waals surface area contributed by atoms with Crippen molar-refractivity contribution in [2.45, 2.75) is 19.6 Å². The van der Waals surface area contributed by atoms with E-state index in [9.17, 15) is 5.11 Å². The van der Waals surface area contributed by atoms with Crippen molar-refractivity contribution >= 4 is 0 Å². The van der Waals surface area contributed by atoms with Crippen LogP contribution in [0.5, 0.6) is 5.75 Å². The maximum absolute atomic E-state index is 9.40. The molecule has 72 valence electrons. The van der Waals surface area contributed by atoms with Gasteiger partial charge in [0, 0.05) is 6.92 Å². The van der Waals surface area contributed by atoms with E-state index in [0.717, 1.165) is 5.56 Å². The molecule has 0 amide bonds. The van der Waals surface area contributed by atoms with Gasteiger partial charge in [0.15, 0.2) is 0 Å². The Labute approximate surface area is 77.6 Å². The molecule has 3 nitrogen and oxygen atoms in total. The number of aliphatic hydroxyl groups is 2. The Balaban J connectivity index is 2.74. The first-order valence-electron chi connectivity index (χ1n) is 4.12. The highest BCUT2D eigenvalue weighted by Crippen LogP contribution is 2.17. The number of benzene rings is 1. The van der Waals surface area contributed by atoms with E-state index in [4.69, 9.17) is 9.84 Å². The number of ether oxygens (including phenoxy) is 1. The van der Waals surface area contributed by atoms with E-state index in [-0.39, 0.29) is 0 Å². The number of hydrogen-bond donors (Lipinski definition) is 2. The zero-order valence-corrected chi connectivity index (χ0v) is 7.82. The summed E-state index contributed by atoms with van der Waals surface area (Å²) in [5.74, 6) is -0.951. The monoisotopic (exact) mass is 182 g/mol. The van der Waals surface area contributed by atoms with Crippen LogP contribution in [0, 0.1) is 6.92 Å². The second kappa shape index (κ2) is 3.77. The van der Waals surface area contributed by atoms with Gasteiger partial charge in [-0.15, -0.1) is 0 Å². The highest BCUT2D eigenvalue weighted by atomic mass is 16.6. The number of aryl methyl sites for hydroxylation is 1. The fourth-order valence-electron chi connectivity index (χ4n) is 0.965. The molecule has 0 fully saturated rings. The number of aliphatic hydroxyl groups excluding tert-OH is 1. The van der Waals surface area contributed by atoms with E-state index in [0.29, 0.717) is 5.75 Å². The normalized spacial score (nSPS) is 15.1. The number of rotatable bonds is 3. The lowest BCUT2D eigenvalue weighted by atomic mass is 10.2. The summed E-state index contributed by atoms with van der Waals surface area (Å²) in [4.78, 5) is 0. The Kier molecular flexibility index (Phi) is 2.90. The molecule has 1 aromatic rings. The molecule has 1 atom stereocenters. The molecule has 0 heterocycles. The van der Waals surface area contributed by atoms with E-state index < -0.39 is 12.4 Å². The molecule has 13 heavy (non-hydrogen) atoms. The van der Waals surface area contributed by atoms with Crippen LogP contribution in [0.3, 0.4) is 0 Å². The molecular formula is C10H14O3. The van der Waals surface area contributed by atoms with Crippen LogP contribution in [0.1, 0.15) is 12.5 Å². The zero-order chi connectivity index (χ0) is 9.90. The predicted molar refractivity (Wildman–Crippen MR) is 49.5 cm³/mol. The summed E-state index contributed by atoms with van der Waals surface area (Å²) >= 11 is 0. The summed E-state index contributed by atoms with van der Waals surface area (Å²) in [6.07, 6.45) is 0. The van der Waals surface area contributed by atoms with Crippen LogP contribution in [-0.2, 0) is 0 Å². The molecule has 0 aliphatic heterocycles. The van der Waals surface area contributed by atoms with Crippen molar-refractivity contribution < 1.29 is 14.9 Å². The van der Waals surface area contributed by atoms with Crippen LogP contribution in [0.25, 0.3) is 0 Å². The molecule has 0 aliphatic carbocycles. The van der Waals surface area contributed by atoms with Gasteiger partial charge in [-0.25, -0.2) is 0 Å². The average Bonchev–Trinajstić information content (AvgIpc) is 2.03. The summed E-state index contributed by atoms with van der Waals surface area (Å²) in [6, 6.07) is 7.29. The van der Waals surface area contributed by atoms with Gasteiger partial charge in [0.2, 0.25) is 5.79 Å². The molecule has 1 rings (SSSR count). The molecule has 3 heteroatoms. The molecule has 0 bridgehead atoms. The lowest BCUT2D eigenvalue weighted by molar-refractivity contribution is -0.150. The van der Waals surface area contributed by atoms with Crippen LogP contribution < -0.4 is 4.74 Å². The van der Waals surface area contributed by atoms with Gasteiger partial charge in [-0.1, -0.05) is 12.1 Å². The summed E-state index contributed by atoms with van der Waals surface area (Å²) in [7, 11) is 0. The van der Waals surface area contributed by atoms with Crippen molar-refractivity contribution in [1.29, 1.82) is 0 Å². The van der Waals surface area contributed by atoms with Crippen LogP contribution in [0.4, 0.5) is 0 Å². The van der Waals surface area contributed by atoms with Crippen LogP contribution in [-0.4, -0.2) is 22.6 Å². The minimum atomic E-state index is -1.51. The molecule has 0 aliphatic rings. The lowest BCUT2D eigenvalue weighted by Crippen LogP contribution is -2.35. The van der Waals surface area contributed by atoms with E-state index >= 15 is 0 Å². The van der Waals surface area contributed by atoms with Gasteiger partial charge in [0.1, 0.15) is 12.4 Å². The van der Waals surface area contributed by atoms with Gasteiger partial charge in [-0.3, -0.25) is 0 Å². The van der Waals surface area contributed by atoms with Crippen molar-refractivity contribution in [1.82, 2.24) is 0 Å². The van der Waals surface area contributed by atoms with E-state index in [1.807, 2.05) is 19.1 Å². The average molecular weight is 182 g/mol. The fourth-order valence-corrected chi connectivity index (χ4v) is 0.965. The topological polar surface area (TPSA) is 49.7 Å². The van der Waals surface area contributed by atoms with Gasteiger partial charge in [-0.05, 0) is 24.6 Å². The van der Waals surface area contributed by atoms with Crippen LogP contribution in [0.15, 0.2) is 24.3 Å². The fraction of sp³-hybridized carbons (Fsp3) is 0.400. The maximum Gasteiger partial charge on any atom is 0.228 e. The highest BCUT2D eigenvalue weighted by molar-refractivity contribution is 5.27. The molecule has 0 aromatic heterocycles. The Morgan fingerprint density at radius 2 is 2.15 bits per heavy atom. The Morgan fingerprint density at radius 3 is 2.69 bits per heavy atom. The molecule has 1 unspecified atom stereocenters. The van der Waals surface area contributed by atoms with Crippen molar-refractivity contribution in [3.8, 4) is 5.75 Å². The van der Waals surface area contributed by atoms with Gasteiger partial charge >= 0.3 is 0 Å². The largest absolute Gasteiger partial charge is 0.460 e. The summed E-state index contributed by atoms with van der Waals surface area (Å²) in [5, 5.41) is 18.1. The predicted octanol–water partition coefficient (Wildman–Crippen LogP) is 1.07. The summed E-state index contributed by atoms with van der Waals surface area (Å²) in [5.41, 5.74) is 1.05. The van der Waals surface area contributed by atoms with E-state index in [1.54, 1.807) is 12.1 Å². The van der Waals surface area contributed by atoms with Crippen LogP contribution in [0.2, 0.25) is 0 Å². The SMILES string of the molecule is Cc1cccc(OC(C)(O)CO)c1. The van der Waals surface area contributed by atoms with Gasteiger partial charge in [-0.2, -0.15) is 0 Å². The van der Waals surface area contributed by atoms with Crippen LogP contribution >= 0.6 is 0 Å². The second-order valence-electron chi connectivity index (χ2n) is 3.25. The first-order valence-corrected chi connectivity index (χ1v) is 4.12. The van der Waals surface area contributed by atoms with Crippen molar-refractivity contribution in [3.63, 3.8) is 0 Å². The first kappa shape index (κ1) is 10.0. The number of hydrogen-bond acceptors (Lipinski definition) is 3. The molecule has 1 aromatic carbocycles. The second-order valence-corrected chi connectivity index (χ2v) is 3.25. The minimum absolute atomic E-state index is 0.430. The lowest BCUT2D eigenvalue weighted by Gasteiger charge is -2.22. The molecule has 0 radical (unpaired) electrons. The molecule has 0 saturated carbocycles. The third-order valence-corrected chi connectivity index (χ3v) is 1.62. The molecule has 0 spiro atoms. The Hall–Kier alpha value is -1.06. The van der Waals surface area contributed by atoms with Crippen molar-refractivity contribution in [2.75, 3.05) is 6.61 Å². The van der Waals surface area contributed by atoms with Crippen molar-refractivity contribution in [2.24, 2.45) is 0 Å². The highest BCUT2D eigenvalue weighted by Gasteiger charge is 2.20. The smallest absolute Gasteiger partial charge is 0.228 e. The van der Waals surface area contributed by atoms with Crippen molar-refractivity contribution in [3.05, 3.63) is 29.8 Å². The summed E-state index contributed by atoms with van der Waals surface area (Å²) in [6.45, 7) is 2.91. The summed E-state index contributed by atoms with van der Waals surface area (Å²) < 4.78 is 5.14. The van der Waals surface area contributed by atoms with Gasteiger partial charge in [0.25, 0.3) is 0 Å². The zero-order valence-electron chi connectivity index (χ0n) is 7.82. The quantitative estimate of drug-likeness (QED) is 0.687. The maximum atomic E-state index is 9.40. The van der Waals surface area contributed by atoms with E-state index in [1.165, 1.54) is 6.92 Å².